The number of H-pyrrole nitrogens is 1. The van der Waals surface area contributed by atoms with E-state index < -0.39 is 0 Å². The first kappa shape index (κ1) is 10.3. The summed E-state index contributed by atoms with van der Waals surface area (Å²) in [7, 11) is 0. The maximum atomic E-state index is 4.94. The van der Waals surface area contributed by atoms with E-state index in [1.165, 1.54) is 22.5 Å². The van der Waals surface area contributed by atoms with Crippen LogP contribution in [0.5, 0.6) is 0 Å². The topological polar surface area (TPSA) is 40.7 Å². The molecule has 0 amide bonds. The summed E-state index contributed by atoms with van der Waals surface area (Å²) in [6.07, 6.45) is 0. The molecule has 1 heterocycles. The molecule has 0 aliphatic heterocycles. The smallest absolute Gasteiger partial charge is 0.204 e. The van der Waals surface area contributed by atoms with Crippen LogP contribution in [0, 0.1) is 10.9 Å². The Labute approximate surface area is 97.2 Å². The highest BCUT2D eigenvalue weighted by atomic mass is 32.1. The number of aromatic amines is 1. The zero-order valence-corrected chi connectivity index (χ0v) is 9.91. The molecule has 2 aromatic rings. The minimum absolute atomic E-state index is 0.696. The van der Waals surface area contributed by atoms with Crippen LogP contribution in [0.2, 0.25) is 0 Å². The zero-order valence-electron chi connectivity index (χ0n) is 8.28. The number of nitrogens with one attached hydrogen (secondary N) is 2. The van der Waals surface area contributed by atoms with Gasteiger partial charge in [0, 0.05) is 6.54 Å². The lowest BCUT2D eigenvalue weighted by molar-refractivity contribution is 1.04. The summed E-state index contributed by atoms with van der Waals surface area (Å²) in [5.74, 6) is 0. The summed E-state index contributed by atoms with van der Waals surface area (Å²) in [6, 6.07) is 8.41. The predicted molar refractivity (Wildman–Crippen MR) is 65.8 cm³/mol. The maximum Gasteiger partial charge on any atom is 0.204 e. The first-order valence-electron chi connectivity index (χ1n) is 4.59. The third kappa shape index (κ3) is 2.87. The highest BCUT2D eigenvalue weighted by Gasteiger charge is 1.96. The largest absolute Gasteiger partial charge is 0.356 e. The Hall–Kier alpha value is -1.20. The molecule has 0 bridgehead atoms. The second kappa shape index (κ2) is 4.55. The third-order valence-electron chi connectivity index (χ3n) is 2.00. The molecule has 15 heavy (non-hydrogen) atoms. The number of hydrogen-bond acceptors (Lipinski definition) is 4. The number of hydrogen-bond donors (Lipinski definition) is 2. The molecule has 2 rings (SSSR count). The number of benzene rings is 1. The fourth-order valence-corrected chi connectivity index (χ4v) is 1.97. The van der Waals surface area contributed by atoms with Crippen molar-refractivity contribution in [1.82, 2.24) is 10.2 Å². The second-order valence-electron chi connectivity index (χ2n) is 3.26. The Morgan fingerprint density at radius 2 is 2.13 bits per heavy atom. The van der Waals surface area contributed by atoms with Gasteiger partial charge in [0.1, 0.15) is 0 Å². The van der Waals surface area contributed by atoms with E-state index in [4.69, 9.17) is 12.2 Å². The van der Waals surface area contributed by atoms with Crippen LogP contribution in [-0.2, 0) is 6.54 Å². The lowest BCUT2D eigenvalue weighted by Crippen LogP contribution is -1.98. The Bertz CT molecular complexity index is 484. The molecule has 0 radical (unpaired) electrons. The molecule has 0 unspecified atom stereocenters. The zero-order chi connectivity index (χ0) is 10.7. The van der Waals surface area contributed by atoms with Gasteiger partial charge >= 0.3 is 0 Å². The van der Waals surface area contributed by atoms with Crippen molar-refractivity contribution in [3.05, 3.63) is 39.3 Å². The van der Waals surface area contributed by atoms with Crippen molar-refractivity contribution in [3.63, 3.8) is 0 Å². The molecule has 0 atom stereocenters. The van der Waals surface area contributed by atoms with Crippen molar-refractivity contribution >= 4 is 28.7 Å². The van der Waals surface area contributed by atoms with Gasteiger partial charge in [0.05, 0.1) is 0 Å². The standard InChI is InChI=1S/C10H11N3S2/c1-7-2-4-8(5-3-7)6-11-9-12-13-10(14)15-9/h2-5H,6H2,1H3,(H,11,12)(H,13,14). The maximum absolute atomic E-state index is 4.94. The van der Waals surface area contributed by atoms with Crippen molar-refractivity contribution in [3.8, 4) is 0 Å². The number of aryl methyl sites for hydroxylation is 1. The molecule has 2 N–H and O–H groups in total. The summed E-state index contributed by atoms with van der Waals surface area (Å²) in [5.41, 5.74) is 2.51. The van der Waals surface area contributed by atoms with Crippen LogP contribution in [0.4, 0.5) is 5.13 Å². The van der Waals surface area contributed by atoms with E-state index in [1.54, 1.807) is 0 Å². The van der Waals surface area contributed by atoms with E-state index >= 15 is 0 Å². The van der Waals surface area contributed by atoms with Gasteiger partial charge in [0.25, 0.3) is 0 Å². The lowest BCUT2D eigenvalue weighted by atomic mass is 10.1. The highest BCUT2D eigenvalue weighted by molar-refractivity contribution is 7.73. The van der Waals surface area contributed by atoms with E-state index in [-0.39, 0.29) is 0 Å². The number of rotatable bonds is 3. The van der Waals surface area contributed by atoms with Crippen LogP contribution in [0.25, 0.3) is 0 Å². The van der Waals surface area contributed by atoms with Crippen LogP contribution in [0.15, 0.2) is 24.3 Å². The van der Waals surface area contributed by atoms with Crippen LogP contribution < -0.4 is 5.32 Å². The molecule has 0 aliphatic carbocycles. The molecule has 1 aromatic carbocycles. The summed E-state index contributed by atoms with van der Waals surface area (Å²) in [6.45, 7) is 2.85. The number of anilines is 1. The molecule has 0 aliphatic rings. The van der Waals surface area contributed by atoms with Gasteiger partial charge in [-0.15, -0.1) is 5.10 Å². The second-order valence-corrected chi connectivity index (χ2v) is 4.92. The van der Waals surface area contributed by atoms with Crippen LogP contribution >= 0.6 is 23.6 Å². The van der Waals surface area contributed by atoms with Gasteiger partial charge in [-0.05, 0) is 24.7 Å². The number of aromatic nitrogens is 2. The molecular weight excluding hydrogens is 226 g/mol. The Morgan fingerprint density at radius 3 is 2.73 bits per heavy atom. The minimum Gasteiger partial charge on any atom is -0.356 e. The summed E-state index contributed by atoms with van der Waals surface area (Å²) < 4.78 is 0.696. The van der Waals surface area contributed by atoms with Gasteiger partial charge in [-0.25, -0.2) is 0 Å². The van der Waals surface area contributed by atoms with Gasteiger partial charge in [-0.2, -0.15) is 0 Å². The van der Waals surface area contributed by atoms with Crippen molar-refractivity contribution in [2.45, 2.75) is 13.5 Å². The van der Waals surface area contributed by atoms with Gasteiger partial charge in [0.2, 0.25) is 5.13 Å². The van der Waals surface area contributed by atoms with Crippen LogP contribution in [-0.4, -0.2) is 10.2 Å². The Balaban J connectivity index is 1.99. The van der Waals surface area contributed by atoms with Gasteiger partial charge in [0.15, 0.2) is 3.95 Å². The van der Waals surface area contributed by atoms with E-state index in [9.17, 15) is 0 Å². The molecular formula is C10H11N3S2. The molecule has 3 nitrogen and oxygen atoms in total. The minimum atomic E-state index is 0.696. The average Bonchev–Trinajstić information content (AvgIpc) is 2.64. The first-order chi connectivity index (χ1) is 7.24. The molecule has 78 valence electrons. The molecule has 0 saturated carbocycles. The normalized spacial score (nSPS) is 10.2. The van der Waals surface area contributed by atoms with Gasteiger partial charge < -0.3 is 5.32 Å². The van der Waals surface area contributed by atoms with Crippen molar-refractivity contribution < 1.29 is 0 Å². The van der Waals surface area contributed by atoms with E-state index in [0.29, 0.717) is 3.95 Å². The Kier molecular flexibility index (Phi) is 3.13. The quantitative estimate of drug-likeness (QED) is 0.806. The average molecular weight is 237 g/mol. The SMILES string of the molecule is Cc1ccc(CNc2n[nH]c(=S)s2)cc1. The van der Waals surface area contributed by atoms with Gasteiger partial charge in [-0.3, -0.25) is 5.10 Å². The molecule has 0 fully saturated rings. The van der Waals surface area contributed by atoms with E-state index in [1.807, 2.05) is 0 Å². The number of nitrogens with zero attached hydrogens (tertiary/aromatic N) is 1. The lowest BCUT2D eigenvalue weighted by Gasteiger charge is -2.02. The molecule has 1 aromatic heterocycles. The molecule has 5 heteroatoms. The monoisotopic (exact) mass is 237 g/mol. The third-order valence-corrected chi connectivity index (χ3v) is 3.05. The summed E-state index contributed by atoms with van der Waals surface area (Å²) in [5, 5.41) is 10.8. The van der Waals surface area contributed by atoms with E-state index in [2.05, 4.69) is 46.7 Å². The van der Waals surface area contributed by atoms with Crippen molar-refractivity contribution in [2.75, 3.05) is 5.32 Å². The van der Waals surface area contributed by atoms with E-state index in [0.717, 1.165) is 11.7 Å². The molecule has 0 spiro atoms. The Morgan fingerprint density at radius 1 is 1.40 bits per heavy atom. The van der Waals surface area contributed by atoms with Crippen LogP contribution in [0.1, 0.15) is 11.1 Å². The predicted octanol–water partition coefficient (Wildman–Crippen LogP) is 3.12. The highest BCUT2D eigenvalue weighted by Crippen LogP contribution is 2.12. The van der Waals surface area contributed by atoms with Gasteiger partial charge in [-0.1, -0.05) is 41.2 Å². The van der Waals surface area contributed by atoms with Crippen molar-refractivity contribution in [1.29, 1.82) is 0 Å². The molecule has 0 saturated heterocycles. The fraction of sp³-hybridized carbons (Fsp3) is 0.200. The summed E-state index contributed by atoms with van der Waals surface area (Å²) >= 11 is 6.39. The fourth-order valence-electron chi connectivity index (χ4n) is 1.19. The van der Waals surface area contributed by atoms with Crippen LogP contribution in [0.3, 0.4) is 0 Å². The first-order valence-corrected chi connectivity index (χ1v) is 5.81. The van der Waals surface area contributed by atoms with Crippen molar-refractivity contribution in [2.24, 2.45) is 0 Å². The summed E-state index contributed by atoms with van der Waals surface area (Å²) in [4.78, 5) is 0.